The van der Waals surface area contributed by atoms with Gasteiger partial charge in [-0.1, -0.05) is 54.2 Å². The molecule has 200 valence electrons. The van der Waals surface area contributed by atoms with Gasteiger partial charge in [0.25, 0.3) is 5.91 Å². The van der Waals surface area contributed by atoms with Crippen LogP contribution in [0.25, 0.3) is 0 Å². The Morgan fingerprint density at radius 1 is 1.05 bits per heavy atom. The number of nitrogens with zero attached hydrogens (tertiary/aromatic N) is 4. The lowest BCUT2D eigenvalue weighted by Crippen LogP contribution is -2.34. The summed E-state index contributed by atoms with van der Waals surface area (Å²) in [6.07, 6.45) is 0. The molecule has 0 radical (unpaired) electrons. The molecule has 3 aromatic rings. The number of anilines is 1. The van der Waals surface area contributed by atoms with Crippen LogP contribution in [0.1, 0.15) is 44.9 Å². The number of hydrogen-bond donors (Lipinski definition) is 1. The third kappa shape index (κ3) is 6.19. The first kappa shape index (κ1) is 27.3. The van der Waals surface area contributed by atoms with Crippen LogP contribution in [0.3, 0.4) is 0 Å². The van der Waals surface area contributed by atoms with Crippen molar-refractivity contribution in [3.63, 3.8) is 0 Å². The fourth-order valence-corrected chi connectivity index (χ4v) is 5.04. The largest absolute Gasteiger partial charge is 0.484 e. The average molecular weight is 536 g/mol. The summed E-state index contributed by atoms with van der Waals surface area (Å²) >= 11 is 1.53. The first-order valence-electron chi connectivity index (χ1n) is 12.7. The third-order valence-corrected chi connectivity index (χ3v) is 7.12. The summed E-state index contributed by atoms with van der Waals surface area (Å²) in [6, 6.07) is 16.9. The van der Waals surface area contributed by atoms with E-state index in [4.69, 9.17) is 14.6 Å². The highest BCUT2D eigenvalue weighted by molar-refractivity contribution is 7.98. The van der Waals surface area contributed by atoms with Crippen LogP contribution in [0.5, 0.6) is 5.75 Å². The van der Waals surface area contributed by atoms with Crippen LogP contribution in [0.4, 0.5) is 5.95 Å². The summed E-state index contributed by atoms with van der Waals surface area (Å²) in [4.78, 5) is 31.7. The molecule has 1 aromatic heterocycles. The van der Waals surface area contributed by atoms with E-state index in [1.807, 2.05) is 51.1 Å². The Kier molecular flexibility index (Phi) is 9.06. The molecule has 1 N–H and O–H groups in total. The Hall–Kier alpha value is -3.79. The van der Waals surface area contributed by atoms with Gasteiger partial charge in [-0.05, 0) is 51.0 Å². The van der Waals surface area contributed by atoms with Crippen molar-refractivity contribution in [1.29, 1.82) is 0 Å². The molecule has 1 amide bonds. The molecule has 1 aliphatic heterocycles. The Balaban J connectivity index is 1.59. The van der Waals surface area contributed by atoms with Crippen LogP contribution in [-0.2, 0) is 20.1 Å². The van der Waals surface area contributed by atoms with Gasteiger partial charge in [0.15, 0.2) is 6.61 Å². The molecule has 2 heterocycles. The van der Waals surface area contributed by atoms with E-state index in [1.54, 1.807) is 28.6 Å². The van der Waals surface area contributed by atoms with Crippen LogP contribution >= 0.6 is 11.8 Å². The van der Waals surface area contributed by atoms with Gasteiger partial charge in [-0.2, -0.15) is 4.98 Å². The van der Waals surface area contributed by atoms with E-state index in [-0.39, 0.29) is 19.1 Å². The van der Waals surface area contributed by atoms with Crippen molar-refractivity contribution in [1.82, 2.24) is 19.7 Å². The molecule has 0 fully saturated rings. The summed E-state index contributed by atoms with van der Waals surface area (Å²) in [7, 11) is 0. The van der Waals surface area contributed by atoms with Crippen LogP contribution in [-0.4, -0.2) is 57.8 Å². The Labute approximate surface area is 227 Å². The number of rotatable bonds is 11. The van der Waals surface area contributed by atoms with Crippen molar-refractivity contribution in [3.05, 3.63) is 77.0 Å². The number of aromatic nitrogens is 3. The number of carbonyl (C=O) groups excluding carboxylic acids is 2. The quantitative estimate of drug-likeness (QED) is 0.279. The lowest BCUT2D eigenvalue weighted by atomic mass is 9.96. The number of likely N-dealkylation sites (N-methyl/N-ethyl adjacent to an activating group) is 1. The van der Waals surface area contributed by atoms with Crippen LogP contribution in [0, 0.1) is 0 Å². The number of ether oxygens (including phenoxy) is 2. The average Bonchev–Trinajstić information content (AvgIpc) is 3.34. The van der Waals surface area contributed by atoms with Crippen LogP contribution in [0.15, 0.2) is 71.0 Å². The van der Waals surface area contributed by atoms with Gasteiger partial charge in [0.1, 0.15) is 11.8 Å². The number of thioether (sulfide) groups is 1. The zero-order valence-electron chi connectivity index (χ0n) is 22.1. The molecular formula is C28H33N5O4S. The number of benzene rings is 2. The van der Waals surface area contributed by atoms with Crippen LogP contribution < -0.4 is 10.1 Å². The van der Waals surface area contributed by atoms with E-state index in [0.717, 1.165) is 11.3 Å². The number of nitrogens with one attached hydrogen (secondary N) is 1. The van der Waals surface area contributed by atoms with Crippen molar-refractivity contribution < 1.29 is 19.1 Å². The van der Waals surface area contributed by atoms with E-state index in [2.05, 4.69) is 22.4 Å². The highest BCUT2D eigenvalue weighted by Crippen LogP contribution is 2.37. The van der Waals surface area contributed by atoms with Crippen molar-refractivity contribution in [2.75, 3.05) is 31.6 Å². The summed E-state index contributed by atoms with van der Waals surface area (Å²) in [5.41, 5.74) is 3.13. The van der Waals surface area contributed by atoms with Crippen molar-refractivity contribution in [3.8, 4) is 5.75 Å². The minimum Gasteiger partial charge on any atom is -0.484 e. The van der Waals surface area contributed by atoms with E-state index in [1.165, 1.54) is 17.3 Å². The SMILES string of the molecule is CCOC(=O)C1=C(C)Nc2nc(SCc3ccccc3)nn2C1c1ccc(OCC(=O)N(CC)CC)cc1. The van der Waals surface area contributed by atoms with Gasteiger partial charge in [0, 0.05) is 24.5 Å². The highest BCUT2D eigenvalue weighted by atomic mass is 32.2. The standard InChI is InChI=1S/C28H33N5O4S/c1-5-32(6-2)23(34)17-37-22-15-13-21(14-16-22)25-24(26(35)36-7-3)19(4)29-27-30-28(31-33(25)27)38-18-20-11-9-8-10-12-20/h8-16,25H,5-7,17-18H2,1-4H3,(H,29,30,31). The maximum absolute atomic E-state index is 13.0. The molecule has 0 saturated heterocycles. The highest BCUT2D eigenvalue weighted by Gasteiger charge is 2.35. The maximum Gasteiger partial charge on any atom is 0.338 e. The Morgan fingerprint density at radius 3 is 2.42 bits per heavy atom. The minimum atomic E-state index is -0.532. The zero-order valence-corrected chi connectivity index (χ0v) is 23.0. The van der Waals surface area contributed by atoms with Gasteiger partial charge in [0.2, 0.25) is 11.1 Å². The van der Waals surface area contributed by atoms with Crippen LogP contribution in [0.2, 0.25) is 0 Å². The number of carbonyl (C=O) groups is 2. The third-order valence-electron chi connectivity index (χ3n) is 6.21. The van der Waals surface area contributed by atoms with E-state index in [9.17, 15) is 9.59 Å². The van der Waals surface area contributed by atoms with E-state index < -0.39 is 12.0 Å². The Morgan fingerprint density at radius 2 is 1.76 bits per heavy atom. The second kappa shape index (κ2) is 12.6. The molecule has 0 spiro atoms. The normalized spacial score (nSPS) is 14.5. The number of esters is 1. The summed E-state index contributed by atoms with van der Waals surface area (Å²) < 4.78 is 12.9. The molecule has 38 heavy (non-hydrogen) atoms. The Bertz CT molecular complexity index is 1290. The molecule has 1 aliphatic rings. The van der Waals surface area contributed by atoms with Crippen molar-refractivity contribution >= 4 is 29.6 Å². The molecule has 1 atom stereocenters. The van der Waals surface area contributed by atoms with Gasteiger partial charge >= 0.3 is 5.97 Å². The maximum atomic E-state index is 13.0. The number of allylic oxidation sites excluding steroid dienone is 1. The lowest BCUT2D eigenvalue weighted by molar-refractivity contribution is -0.139. The molecule has 0 bridgehead atoms. The van der Waals surface area contributed by atoms with E-state index in [0.29, 0.717) is 41.2 Å². The molecule has 10 heteroatoms. The molecule has 0 aliphatic carbocycles. The summed E-state index contributed by atoms with van der Waals surface area (Å²) in [5, 5.41) is 8.58. The molecular weight excluding hydrogens is 502 g/mol. The number of hydrogen-bond acceptors (Lipinski definition) is 8. The number of fused-ring (bicyclic) bond motifs is 1. The van der Waals surface area contributed by atoms with Gasteiger partial charge < -0.3 is 19.7 Å². The molecule has 0 saturated carbocycles. The molecule has 4 rings (SSSR count). The zero-order chi connectivity index (χ0) is 27.1. The summed E-state index contributed by atoms with van der Waals surface area (Å²) in [6.45, 7) is 9.01. The predicted molar refractivity (Wildman–Crippen MR) is 147 cm³/mol. The fraction of sp³-hybridized carbons (Fsp3) is 0.357. The lowest BCUT2D eigenvalue weighted by Gasteiger charge is -2.28. The van der Waals surface area contributed by atoms with Gasteiger partial charge in [0.05, 0.1) is 12.2 Å². The second-order valence-electron chi connectivity index (χ2n) is 8.65. The predicted octanol–water partition coefficient (Wildman–Crippen LogP) is 4.67. The smallest absolute Gasteiger partial charge is 0.338 e. The van der Waals surface area contributed by atoms with Gasteiger partial charge in [-0.15, -0.1) is 5.10 Å². The van der Waals surface area contributed by atoms with Crippen molar-refractivity contribution in [2.24, 2.45) is 0 Å². The fourth-order valence-electron chi connectivity index (χ4n) is 4.26. The second-order valence-corrected chi connectivity index (χ2v) is 9.59. The minimum absolute atomic E-state index is 0.0311. The first-order valence-corrected chi connectivity index (χ1v) is 13.7. The molecule has 1 unspecified atom stereocenters. The van der Waals surface area contributed by atoms with Gasteiger partial charge in [-0.3, -0.25) is 4.79 Å². The van der Waals surface area contributed by atoms with Crippen molar-refractivity contribution in [2.45, 2.75) is 44.6 Å². The summed E-state index contributed by atoms with van der Waals surface area (Å²) in [5.74, 6) is 1.38. The number of amides is 1. The monoisotopic (exact) mass is 535 g/mol. The molecule has 2 aromatic carbocycles. The molecule has 9 nitrogen and oxygen atoms in total. The van der Waals surface area contributed by atoms with E-state index >= 15 is 0 Å². The topological polar surface area (TPSA) is 98.6 Å². The first-order chi connectivity index (χ1) is 18.4. The van der Waals surface area contributed by atoms with Gasteiger partial charge in [-0.25, -0.2) is 9.48 Å².